The summed E-state index contributed by atoms with van der Waals surface area (Å²) in [6.45, 7) is 4.07. The van der Waals surface area contributed by atoms with Crippen LogP contribution in [0, 0.1) is 11.8 Å². The van der Waals surface area contributed by atoms with E-state index < -0.39 is 0 Å². The van der Waals surface area contributed by atoms with Crippen molar-refractivity contribution in [3.05, 3.63) is 45.9 Å². The zero-order chi connectivity index (χ0) is 21.8. The molecule has 1 amide bonds. The number of amides is 1. The molecule has 0 bridgehead atoms. The third-order valence-corrected chi connectivity index (χ3v) is 6.00. The Morgan fingerprint density at radius 1 is 1.29 bits per heavy atom. The molecule has 1 aliphatic rings. The zero-order valence-electron chi connectivity index (χ0n) is 17.1. The van der Waals surface area contributed by atoms with Crippen LogP contribution in [-0.2, 0) is 9.53 Å². The molecule has 0 unspecified atom stereocenters. The van der Waals surface area contributed by atoms with Crippen molar-refractivity contribution in [2.45, 2.75) is 6.92 Å². The molecule has 0 spiro atoms. The van der Waals surface area contributed by atoms with Gasteiger partial charge in [-0.2, -0.15) is 0 Å². The van der Waals surface area contributed by atoms with E-state index >= 15 is 0 Å². The van der Waals surface area contributed by atoms with Crippen molar-refractivity contribution in [2.75, 3.05) is 49.3 Å². The monoisotopic (exact) mass is 438 g/mol. The number of carbonyl (C=O) groups excluding carboxylic acids is 1. The summed E-state index contributed by atoms with van der Waals surface area (Å²) in [5.74, 6) is 5.27. The van der Waals surface area contributed by atoms with E-state index in [9.17, 15) is 14.7 Å². The van der Waals surface area contributed by atoms with Crippen LogP contribution < -0.4 is 15.2 Å². The Balaban J connectivity index is 1.77. The van der Waals surface area contributed by atoms with Crippen molar-refractivity contribution in [3.63, 3.8) is 0 Å². The molecule has 4 rings (SSSR count). The van der Waals surface area contributed by atoms with E-state index in [1.165, 1.54) is 22.3 Å². The number of hydrogen-bond acceptors (Lipinski definition) is 7. The lowest BCUT2D eigenvalue weighted by atomic mass is 10.1. The number of aliphatic hydroxyl groups is 1. The first-order chi connectivity index (χ1) is 15.1. The second-order valence-electron chi connectivity index (χ2n) is 6.96. The molecule has 160 valence electrons. The van der Waals surface area contributed by atoms with Crippen molar-refractivity contribution in [3.8, 4) is 23.0 Å². The average Bonchev–Trinajstić information content (AvgIpc) is 3.23. The second kappa shape index (κ2) is 9.35. The summed E-state index contributed by atoms with van der Waals surface area (Å²) in [5, 5.41) is 11.3. The molecule has 1 aromatic carbocycles. The Bertz CT molecular complexity index is 1210. The summed E-state index contributed by atoms with van der Waals surface area (Å²) < 4.78 is 12.1. The Labute approximate surface area is 183 Å². The molecule has 0 aliphatic carbocycles. The topological polar surface area (TPSA) is 83.2 Å². The van der Waals surface area contributed by atoms with Gasteiger partial charge in [-0.05, 0) is 30.5 Å². The number of carbonyl (C=O) groups is 1. The van der Waals surface area contributed by atoms with Gasteiger partial charge in [0.2, 0.25) is 5.43 Å². The van der Waals surface area contributed by atoms with Crippen LogP contribution in [0.25, 0.3) is 21.4 Å². The number of thiophene rings is 1. The summed E-state index contributed by atoms with van der Waals surface area (Å²) in [7, 11) is 0. The number of fused-ring (bicyclic) bond motifs is 1. The summed E-state index contributed by atoms with van der Waals surface area (Å²) >= 11 is 1.34. The third kappa shape index (κ3) is 4.35. The van der Waals surface area contributed by atoms with Crippen molar-refractivity contribution in [2.24, 2.45) is 0 Å². The molecule has 1 saturated heterocycles. The molecule has 1 fully saturated rings. The van der Waals surface area contributed by atoms with Gasteiger partial charge in [0.25, 0.3) is 0 Å². The highest BCUT2D eigenvalue weighted by atomic mass is 32.1. The standard InChI is InChI=1S/C23H22N2O5S/c1-2-4-20(28)25(7-10-26)17-6-3-5-16(13-17)18-15-31-23-19(27)14-21(30-22(18)23)24-8-11-29-12-9-24/h3,5-6,13-15,26H,7-12H2,1H3. The molecular formula is C23H22N2O5S. The smallest absolute Gasteiger partial charge is 0.302 e. The number of morpholine rings is 1. The summed E-state index contributed by atoms with van der Waals surface area (Å²) in [6.07, 6.45) is 0. The van der Waals surface area contributed by atoms with Gasteiger partial charge in [-0.3, -0.25) is 14.5 Å². The molecule has 0 saturated carbocycles. The van der Waals surface area contributed by atoms with Gasteiger partial charge in [-0.15, -0.1) is 11.3 Å². The van der Waals surface area contributed by atoms with Crippen LogP contribution in [0.2, 0.25) is 0 Å². The van der Waals surface area contributed by atoms with Gasteiger partial charge >= 0.3 is 5.91 Å². The van der Waals surface area contributed by atoms with Crippen molar-refractivity contribution in [1.82, 2.24) is 0 Å². The molecule has 7 nitrogen and oxygen atoms in total. The summed E-state index contributed by atoms with van der Waals surface area (Å²) in [6, 6.07) is 8.90. The van der Waals surface area contributed by atoms with Gasteiger partial charge in [0.1, 0.15) is 4.70 Å². The van der Waals surface area contributed by atoms with E-state index in [2.05, 4.69) is 11.8 Å². The molecule has 3 aromatic rings. The number of benzene rings is 1. The molecule has 1 N–H and O–H groups in total. The first-order valence-electron chi connectivity index (χ1n) is 9.96. The van der Waals surface area contributed by atoms with Crippen LogP contribution in [0.3, 0.4) is 0 Å². The van der Waals surface area contributed by atoms with Gasteiger partial charge in [0.15, 0.2) is 11.5 Å². The molecule has 8 heteroatoms. The summed E-state index contributed by atoms with van der Waals surface area (Å²) in [4.78, 5) is 28.5. The minimum absolute atomic E-state index is 0.0783. The number of hydrogen-bond donors (Lipinski definition) is 1. The molecule has 0 radical (unpaired) electrons. The normalized spacial score (nSPS) is 13.7. The van der Waals surface area contributed by atoms with Crippen molar-refractivity contribution < 1.29 is 19.1 Å². The van der Waals surface area contributed by atoms with Crippen LogP contribution in [-0.4, -0.2) is 50.5 Å². The molecule has 0 atom stereocenters. The maximum Gasteiger partial charge on any atom is 0.302 e. The van der Waals surface area contributed by atoms with Crippen LogP contribution in [0.1, 0.15) is 6.92 Å². The molecule has 2 aromatic heterocycles. The minimum Gasteiger partial charge on any atom is -0.439 e. The molecule has 1 aliphatic heterocycles. The predicted molar refractivity (Wildman–Crippen MR) is 122 cm³/mol. The maximum atomic E-state index is 12.7. The van der Waals surface area contributed by atoms with Gasteiger partial charge < -0.3 is 19.2 Å². The zero-order valence-corrected chi connectivity index (χ0v) is 17.9. The first kappa shape index (κ1) is 21.1. The average molecular weight is 439 g/mol. The quantitative estimate of drug-likeness (QED) is 0.617. The van der Waals surface area contributed by atoms with Crippen LogP contribution in [0.5, 0.6) is 0 Å². The Morgan fingerprint density at radius 3 is 2.84 bits per heavy atom. The number of nitrogens with zero attached hydrogens (tertiary/aromatic N) is 2. The third-order valence-electron chi connectivity index (χ3n) is 5.02. The van der Waals surface area contributed by atoms with Crippen molar-refractivity contribution >= 4 is 39.1 Å². The lowest BCUT2D eigenvalue weighted by Crippen LogP contribution is -2.36. The van der Waals surface area contributed by atoms with Crippen LogP contribution >= 0.6 is 11.3 Å². The number of anilines is 2. The Kier molecular flexibility index (Phi) is 6.37. The molecule has 31 heavy (non-hydrogen) atoms. The van der Waals surface area contributed by atoms with E-state index in [0.717, 1.165) is 11.1 Å². The lowest BCUT2D eigenvalue weighted by molar-refractivity contribution is -0.113. The van der Waals surface area contributed by atoms with Crippen LogP contribution in [0.15, 0.2) is 44.9 Å². The predicted octanol–water partition coefficient (Wildman–Crippen LogP) is 2.71. The number of aliphatic hydroxyl groups excluding tert-OH is 1. The fraction of sp³-hybridized carbons (Fsp3) is 0.304. The number of rotatable bonds is 5. The SMILES string of the molecule is CC#CC(=O)N(CCO)c1cccc(-c2csc3c(=O)cc(N4CCOCC4)oc23)c1. The van der Waals surface area contributed by atoms with Gasteiger partial charge in [0, 0.05) is 42.3 Å². The minimum atomic E-state index is -0.384. The largest absolute Gasteiger partial charge is 0.439 e. The summed E-state index contributed by atoms with van der Waals surface area (Å²) in [5.41, 5.74) is 2.67. The lowest BCUT2D eigenvalue weighted by Gasteiger charge is -2.27. The van der Waals surface area contributed by atoms with Gasteiger partial charge in [-0.25, -0.2) is 0 Å². The van der Waals surface area contributed by atoms with E-state index in [-0.39, 0.29) is 24.5 Å². The molecule has 3 heterocycles. The van der Waals surface area contributed by atoms with Gasteiger partial charge in [0.05, 0.1) is 19.8 Å². The van der Waals surface area contributed by atoms with E-state index in [1.807, 2.05) is 28.5 Å². The van der Waals surface area contributed by atoms with E-state index in [4.69, 9.17) is 9.15 Å². The Morgan fingerprint density at radius 2 is 2.10 bits per heavy atom. The maximum absolute atomic E-state index is 12.7. The second-order valence-corrected chi connectivity index (χ2v) is 7.84. The number of ether oxygens (including phenoxy) is 1. The highest BCUT2D eigenvalue weighted by Gasteiger charge is 2.20. The highest BCUT2D eigenvalue weighted by Crippen LogP contribution is 2.36. The molecular weight excluding hydrogens is 416 g/mol. The highest BCUT2D eigenvalue weighted by molar-refractivity contribution is 7.17. The van der Waals surface area contributed by atoms with E-state index in [0.29, 0.717) is 48.2 Å². The van der Waals surface area contributed by atoms with E-state index in [1.54, 1.807) is 13.0 Å². The van der Waals surface area contributed by atoms with Gasteiger partial charge in [-0.1, -0.05) is 18.1 Å². The first-order valence-corrected chi connectivity index (χ1v) is 10.8. The Hall–Kier alpha value is -3.12. The van der Waals surface area contributed by atoms with Crippen molar-refractivity contribution in [1.29, 1.82) is 0 Å². The van der Waals surface area contributed by atoms with Crippen LogP contribution in [0.4, 0.5) is 11.6 Å². The fourth-order valence-electron chi connectivity index (χ4n) is 3.53. The fourth-order valence-corrected chi connectivity index (χ4v) is 4.45.